The highest BCUT2D eigenvalue weighted by Crippen LogP contribution is 2.20. The molecule has 102 valence electrons. The molecule has 0 fully saturated rings. The van der Waals surface area contributed by atoms with Gasteiger partial charge in [-0.25, -0.2) is 4.39 Å². The van der Waals surface area contributed by atoms with E-state index in [9.17, 15) is 9.18 Å². The van der Waals surface area contributed by atoms with Crippen LogP contribution in [0.3, 0.4) is 0 Å². The number of hydrogen-bond acceptors (Lipinski definition) is 2. The van der Waals surface area contributed by atoms with Gasteiger partial charge in [-0.3, -0.25) is 4.79 Å². The number of anilines is 1. The van der Waals surface area contributed by atoms with Crippen LogP contribution in [0.5, 0.6) is 0 Å². The summed E-state index contributed by atoms with van der Waals surface area (Å²) in [6.45, 7) is 0. The maximum Gasteiger partial charge on any atom is 0.257 e. The van der Waals surface area contributed by atoms with Crippen molar-refractivity contribution in [2.45, 2.75) is 0 Å². The Bertz CT molecular complexity index is 691. The van der Waals surface area contributed by atoms with E-state index in [4.69, 9.17) is 29.6 Å². The lowest BCUT2D eigenvalue weighted by Crippen LogP contribution is -2.18. The number of carbonyl (C=O) groups excluding carboxylic acids is 1. The third-order valence-corrected chi connectivity index (χ3v) is 3.16. The van der Waals surface area contributed by atoms with E-state index in [0.717, 1.165) is 0 Å². The van der Waals surface area contributed by atoms with Crippen LogP contribution < -0.4 is 11.1 Å². The van der Waals surface area contributed by atoms with Crippen molar-refractivity contribution >= 4 is 40.4 Å². The second-order valence-corrected chi connectivity index (χ2v) is 4.84. The zero-order valence-electron chi connectivity index (χ0n) is 10.2. The van der Waals surface area contributed by atoms with Crippen LogP contribution in [0, 0.1) is 5.82 Å². The molecular formula is C14H10ClFN2OS. The Labute approximate surface area is 125 Å². The number of amides is 1. The van der Waals surface area contributed by atoms with Crippen LogP contribution in [0.25, 0.3) is 0 Å². The SMILES string of the molecule is NC(=S)c1cc(F)ccc1NC(=O)c1ccccc1Cl. The molecule has 0 saturated heterocycles. The van der Waals surface area contributed by atoms with Gasteiger partial charge in [0.1, 0.15) is 10.8 Å². The van der Waals surface area contributed by atoms with Crippen molar-refractivity contribution in [1.82, 2.24) is 0 Å². The minimum Gasteiger partial charge on any atom is -0.389 e. The highest BCUT2D eigenvalue weighted by molar-refractivity contribution is 7.80. The first-order valence-electron chi connectivity index (χ1n) is 5.64. The fourth-order valence-corrected chi connectivity index (χ4v) is 2.05. The van der Waals surface area contributed by atoms with Crippen LogP contribution in [-0.2, 0) is 0 Å². The standard InChI is InChI=1S/C14H10ClFN2OS/c15-11-4-2-1-3-9(11)14(19)18-12-6-5-8(16)7-10(12)13(17)20/h1-7H,(H2,17,20)(H,18,19). The number of nitrogens with one attached hydrogen (secondary N) is 1. The summed E-state index contributed by atoms with van der Waals surface area (Å²) in [4.78, 5) is 12.1. The van der Waals surface area contributed by atoms with Gasteiger partial charge in [0.05, 0.1) is 16.3 Å². The van der Waals surface area contributed by atoms with Crippen LogP contribution in [0.2, 0.25) is 5.02 Å². The molecule has 2 rings (SSSR count). The van der Waals surface area contributed by atoms with E-state index >= 15 is 0 Å². The lowest BCUT2D eigenvalue weighted by atomic mass is 10.1. The first kappa shape index (κ1) is 14.4. The number of carbonyl (C=O) groups is 1. The summed E-state index contributed by atoms with van der Waals surface area (Å²) in [5.74, 6) is -0.900. The minimum atomic E-state index is -0.483. The van der Waals surface area contributed by atoms with E-state index in [2.05, 4.69) is 5.32 Å². The number of rotatable bonds is 3. The molecule has 6 heteroatoms. The number of hydrogen-bond donors (Lipinski definition) is 2. The summed E-state index contributed by atoms with van der Waals surface area (Å²) in [7, 11) is 0. The lowest BCUT2D eigenvalue weighted by Gasteiger charge is -2.11. The molecule has 0 atom stereocenters. The number of halogens is 2. The molecular weight excluding hydrogens is 299 g/mol. The summed E-state index contributed by atoms with van der Waals surface area (Å²) >= 11 is 10.8. The van der Waals surface area contributed by atoms with Gasteiger partial charge in [0.25, 0.3) is 5.91 Å². The van der Waals surface area contributed by atoms with Gasteiger partial charge in [0.15, 0.2) is 0 Å². The van der Waals surface area contributed by atoms with Crippen LogP contribution in [-0.4, -0.2) is 10.9 Å². The van der Waals surface area contributed by atoms with E-state index in [-0.39, 0.29) is 10.6 Å². The highest BCUT2D eigenvalue weighted by Gasteiger charge is 2.13. The molecule has 0 spiro atoms. The molecule has 0 saturated carbocycles. The van der Waals surface area contributed by atoms with Crippen LogP contribution >= 0.6 is 23.8 Å². The lowest BCUT2D eigenvalue weighted by molar-refractivity contribution is 0.102. The van der Waals surface area contributed by atoms with Gasteiger partial charge in [-0.15, -0.1) is 0 Å². The maximum absolute atomic E-state index is 13.2. The van der Waals surface area contributed by atoms with Gasteiger partial charge in [0, 0.05) is 5.56 Å². The quantitative estimate of drug-likeness (QED) is 0.855. The highest BCUT2D eigenvalue weighted by atomic mass is 35.5. The molecule has 2 aromatic rings. The minimum absolute atomic E-state index is 0.000964. The summed E-state index contributed by atoms with van der Waals surface area (Å²) in [6, 6.07) is 10.4. The smallest absolute Gasteiger partial charge is 0.257 e. The molecule has 0 aliphatic carbocycles. The number of nitrogens with two attached hydrogens (primary N) is 1. The summed E-state index contributed by atoms with van der Waals surface area (Å²) < 4.78 is 13.2. The Morgan fingerprint density at radius 1 is 1.20 bits per heavy atom. The Morgan fingerprint density at radius 3 is 2.55 bits per heavy atom. The Balaban J connectivity index is 2.33. The van der Waals surface area contributed by atoms with Crippen molar-refractivity contribution in [2.24, 2.45) is 5.73 Å². The van der Waals surface area contributed by atoms with Gasteiger partial charge in [-0.05, 0) is 30.3 Å². The molecule has 0 aromatic heterocycles. The molecule has 3 nitrogen and oxygen atoms in total. The maximum atomic E-state index is 13.2. The molecule has 20 heavy (non-hydrogen) atoms. The van der Waals surface area contributed by atoms with Crippen LogP contribution in [0.1, 0.15) is 15.9 Å². The first-order chi connectivity index (χ1) is 9.49. The van der Waals surface area contributed by atoms with Crippen molar-refractivity contribution < 1.29 is 9.18 Å². The number of benzene rings is 2. The van der Waals surface area contributed by atoms with Crippen molar-refractivity contribution in [3.05, 3.63) is 64.4 Å². The Hall–Kier alpha value is -1.98. The normalized spacial score (nSPS) is 10.1. The van der Waals surface area contributed by atoms with E-state index in [0.29, 0.717) is 16.3 Å². The molecule has 0 heterocycles. The average Bonchev–Trinajstić information content (AvgIpc) is 2.41. The first-order valence-corrected chi connectivity index (χ1v) is 6.43. The van der Waals surface area contributed by atoms with Gasteiger partial charge in [-0.2, -0.15) is 0 Å². The zero-order chi connectivity index (χ0) is 14.7. The largest absolute Gasteiger partial charge is 0.389 e. The predicted molar refractivity (Wildman–Crippen MR) is 81.7 cm³/mol. The Morgan fingerprint density at radius 2 is 1.90 bits per heavy atom. The summed E-state index contributed by atoms with van der Waals surface area (Å²) in [6.07, 6.45) is 0. The van der Waals surface area contributed by atoms with Crippen molar-refractivity contribution in [3.8, 4) is 0 Å². The fourth-order valence-electron chi connectivity index (χ4n) is 1.66. The topological polar surface area (TPSA) is 55.1 Å². The molecule has 0 unspecified atom stereocenters. The Kier molecular flexibility index (Phi) is 4.32. The molecule has 1 amide bonds. The van der Waals surface area contributed by atoms with E-state index in [1.165, 1.54) is 18.2 Å². The van der Waals surface area contributed by atoms with Gasteiger partial charge >= 0.3 is 0 Å². The molecule has 0 radical (unpaired) electrons. The summed E-state index contributed by atoms with van der Waals surface area (Å²) in [5.41, 5.74) is 6.43. The summed E-state index contributed by atoms with van der Waals surface area (Å²) in [5, 5.41) is 2.94. The van der Waals surface area contributed by atoms with Crippen molar-refractivity contribution in [3.63, 3.8) is 0 Å². The molecule has 2 aromatic carbocycles. The third-order valence-electron chi connectivity index (χ3n) is 2.61. The second-order valence-electron chi connectivity index (χ2n) is 3.99. The van der Waals surface area contributed by atoms with Crippen molar-refractivity contribution in [1.29, 1.82) is 0 Å². The van der Waals surface area contributed by atoms with Gasteiger partial charge in [0.2, 0.25) is 0 Å². The predicted octanol–water partition coefficient (Wildman–Crippen LogP) is 3.37. The monoisotopic (exact) mass is 308 g/mol. The second kappa shape index (κ2) is 5.98. The zero-order valence-corrected chi connectivity index (χ0v) is 11.8. The molecule has 0 bridgehead atoms. The van der Waals surface area contributed by atoms with Crippen LogP contribution in [0.15, 0.2) is 42.5 Å². The van der Waals surface area contributed by atoms with Crippen molar-refractivity contribution in [2.75, 3.05) is 5.32 Å². The number of thiocarbonyl (C=S) groups is 1. The molecule has 0 aliphatic rings. The fraction of sp³-hybridized carbons (Fsp3) is 0. The molecule has 0 aliphatic heterocycles. The van der Waals surface area contributed by atoms with Gasteiger partial charge in [-0.1, -0.05) is 36.0 Å². The van der Waals surface area contributed by atoms with Gasteiger partial charge < -0.3 is 11.1 Å². The third kappa shape index (κ3) is 3.12. The molecule has 3 N–H and O–H groups in total. The van der Waals surface area contributed by atoms with Crippen LogP contribution in [0.4, 0.5) is 10.1 Å². The van der Waals surface area contributed by atoms with E-state index in [1.807, 2.05) is 0 Å². The van der Waals surface area contributed by atoms with E-state index in [1.54, 1.807) is 24.3 Å². The van der Waals surface area contributed by atoms with E-state index < -0.39 is 11.7 Å². The average molecular weight is 309 g/mol.